The standard InChI is InChI=1S/C18H36O2.C3H8O3.C2H4/c1-2-3-4-5-6-7-8-9-10-11-12-13-14-15-16-17-18(19)20;4-1-3(6)2-5;1-2/h2-17H2,1H3,(H,19,20);3-6H,1-2H2;1-2H2. The van der Waals surface area contributed by atoms with Crippen molar-refractivity contribution in [3.8, 4) is 0 Å². The molecule has 0 aromatic rings. The largest absolute Gasteiger partial charge is 0.481 e. The van der Waals surface area contributed by atoms with E-state index in [1.807, 2.05) is 0 Å². The highest BCUT2D eigenvalue weighted by atomic mass is 16.4. The molecule has 0 aliphatic heterocycles. The van der Waals surface area contributed by atoms with Gasteiger partial charge in [0.05, 0.1) is 13.2 Å². The van der Waals surface area contributed by atoms with E-state index in [1.54, 1.807) is 0 Å². The zero-order chi connectivity index (χ0) is 21.9. The van der Waals surface area contributed by atoms with Crippen molar-refractivity contribution in [3.05, 3.63) is 13.2 Å². The van der Waals surface area contributed by atoms with Gasteiger partial charge in [0.2, 0.25) is 0 Å². The Labute approximate surface area is 173 Å². The molecule has 0 aromatic heterocycles. The van der Waals surface area contributed by atoms with E-state index in [2.05, 4.69) is 20.1 Å². The average molecular weight is 405 g/mol. The first-order valence-electron chi connectivity index (χ1n) is 11.2. The van der Waals surface area contributed by atoms with Gasteiger partial charge < -0.3 is 20.4 Å². The number of aliphatic hydroxyl groups is 3. The lowest BCUT2D eigenvalue weighted by Crippen LogP contribution is -2.15. The lowest BCUT2D eigenvalue weighted by atomic mass is 10.0. The van der Waals surface area contributed by atoms with Gasteiger partial charge in [-0.2, -0.15) is 0 Å². The van der Waals surface area contributed by atoms with E-state index in [4.69, 9.17) is 20.4 Å². The maximum Gasteiger partial charge on any atom is 0.303 e. The predicted octanol–water partition coefficient (Wildman–Crippen LogP) is 5.47. The SMILES string of the molecule is C=C.CCCCCCCCCCCCCCCCCC(=O)O.OCC(O)CO. The molecular weight excluding hydrogens is 356 g/mol. The van der Waals surface area contributed by atoms with Crippen molar-refractivity contribution in [1.29, 1.82) is 0 Å². The lowest BCUT2D eigenvalue weighted by Gasteiger charge is -2.03. The van der Waals surface area contributed by atoms with Crippen molar-refractivity contribution in [2.24, 2.45) is 0 Å². The molecule has 0 spiro atoms. The molecule has 0 rings (SSSR count). The third kappa shape index (κ3) is 36.1. The Kier molecular flexibility index (Phi) is 35.0. The van der Waals surface area contributed by atoms with Crippen LogP contribution in [0.2, 0.25) is 0 Å². The van der Waals surface area contributed by atoms with Crippen molar-refractivity contribution < 1.29 is 25.2 Å². The second-order valence-electron chi connectivity index (χ2n) is 7.11. The fourth-order valence-electron chi connectivity index (χ4n) is 2.71. The summed E-state index contributed by atoms with van der Waals surface area (Å²) < 4.78 is 0. The summed E-state index contributed by atoms with van der Waals surface area (Å²) in [7, 11) is 0. The van der Waals surface area contributed by atoms with E-state index >= 15 is 0 Å². The maximum atomic E-state index is 10.3. The number of hydrogen-bond acceptors (Lipinski definition) is 4. The lowest BCUT2D eigenvalue weighted by molar-refractivity contribution is -0.137. The van der Waals surface area contributed by atoms with Gasteiger partial charge in [-0.3, -0.25) is 4.79 Å². The van der Waals surface area contributed by atoms with E-state index < -0.39 is 12.1 Å². The van der Waals surface area contributed by atoms with Crippen LogP contribution in [0.5, 0.6) is 0 Å². The zero-order valence-electron chi connectivity index (χ0n) is 18.4. The molecule has 0 aromatic carbocycles. The molecule has 0 saturated heterocycles. The summed E-state index contributed by atoms with van der Waals surface area (Å²) in [6, 6.07) is 0. The monoisotopic (exact) mass is 404 g/mol. The van der Waals surface area contributed by atoms with Crippen LogP contribution in [-0.2, 0) is 4.79 Å². The summed E-state index contributed by atoms with van der Waals surface area (Å²) in [6.07, 6.45) is 19.2. The van der Waals surface area contributed by atoms with Crippen LogP contribution in [0.4, 0.5) is 0 Å². The smallest absolute Gasteiger partial charge is 0.303 e. The van der Waals surface area contributed by atoms with Crippen LogP contribution in [0.3, 0.4) is 0 Å². The molecule has 0 fully saturated rings. The molecular formula is C23H48O5. The fraction of sp³-hybridized carbons (Fsp3) is 0.870. The molecule has 28 heavy (non-hydrogen) atoms. The average Bonchev–Trinajstić information content (AvgIpc) is 2.72. The van der Waals surface area contributed by atoms with Gasteiger partial charge in [0, 0.05) is 6.42 Å². The Hall–Kier alpha value is -0.910. The van der Waals surface area contributed by atoms with Crippen molar-refractivity contribution in [2.75, 3.05) is 13.2 Å². The van der Waals surface area contributed by atoms with E-state index in [-0.39, 0.29) is 13.2 Å². The first kappa shape index (κ1) is 31.8. The molecule has 5 nitrogen and oxygen atoms in total. The normalized spacial score (nSPS) is 10.0. The molecule has 0 saturated carbocycles. The second kappa shape index (κ2) is 30.8. The summed E-state index contributed by atoms with van der Waals surface area (Å²) in [4.78, 5) is 10.3. The minimum Gasteiger partial charge on any atom is -0.481 e. The summed E-state index contributed by atoms with van der Waals surface area (Å²) in [5, 5.41) is 32.5. The summed E-state index contributed by atoms with van der Waals surface area (Å²) >= 11 is 0. The Bertz CT molecular complexity index is 280. The molecule has 0 radical (unpaired) electrons. The van der Waals surface area contributed by atoms with E-state index in [9.17, 15) is 4.79 Å². The third-order valence-electron chi connectivity index (χ3n) is 4.42. The highest BCUT2D eigenvalue weighted by Crippen LogP contribution is 2.13. The molecule has 0 unspecified atom stereocenters. The molecule has 170 valence electrons. The second-order valence-corrected chi connectivity index (χ2v) is 7.11. The molecule has 0 heterocycles. The molecule has 4 N–H and O–H groups in total. The number of rotatable bonds is 18. The predicted molar refractivity (Wildman–Crippen MR) is 119 cm³/mol. The highest BCUT2D eigenvalue weighted by molar-refractivity contribution is 5.66. The summed E-state index contributed by atoms with van der Waals surface area (Å²) in [5.41, 5.74) is 0. The molecule has 0 atom stereocenters. The summed E-state index contributed by atoms with van der Waals surface area (Å²) in [5.74, 6) is -0.653. The van der Waals surface area contributed by atoms with Crippen molar-refractivity contribution in [1.82, 2.24) is 0 Å². The first-order chi connectivity index (χ1) is 13.6. The van der Waals surface area contributed by atoms with E-state index in [1.165, 1.54) is 83.5 Å². The van der Waals surface area contributed by atoms with Gasteiger partial charge in [-0.15, -0.1) is 13.2 Å². The number of unbranched alkanes of at least 4 members (excludes halogenated alkanes) is 14. The third-order valence-corrected chi connectivity index (χ3v) is 4.42. The van der Waals surface area contributed by atoms with E-state index in [0.717, 1.165) is 12.8 Å². The molecule has 0 aliphatic rings. The number of hydrogen-bond donors (Lipinski definition) is 4. The van der Waals surface area contributed by atoms with Gasteiger partial charge in [0.15, 0.2) is 0 Å². The van der Waals surface area contributed by atoms with Gasteiger partial charge in [-0.05, 0) is 6.42 Å². The fourth-order valence-corrected chi connectivity index (χ4v) is 2.71. The number of aliphatic carboxylic acids is 1. The Morgan fingerprint density at radius 3 is 1.18 bits per heavy atom. The maximum absolute atomic E-state index is 10.3. The summed E-state index contributed by atoms with van der Waals surface area (Å²) in [6.45, 7) is 7.54. The van der Waals surface area contributed by atoms with Crippen molar-refractivity contribution >= 4 is 5.97 Å². The zero-order valence-corrected chi connectivity index (χ0v) is 18.4. The quantitative estimate of drug-likeness (QED) is 0.179. The minimum atomic E-state index is -0.954. The molecule has 0 bridgehead atoms. The molecule has 0 amide bonds. The van der Waals surface area contributed by atoms with Gasteiger partial charge in [-0.1, -0.05) is 96.8 Å². The number of aliphatic hydroxyl groups excluding tert-OH is 3. The number of carboxylic acid groups (broad SMARTS) is 1. The molecule has 0 aliphatic carbocycles. The number of carbonyl (C=O) groups is 1. The Morgan fingerprint density at radius 1 is 0.679 bits per heavy atom. The molecule has 5 heteroatoms. The van der Waals surface area contributed by atoms with Crippen LogP contribution in [0.15, 0.2) is 13.2 Å². The van der Waals surface area contributed by atoms with Crippen LogP contribution in [0.1, 0.15) is 110 Å². The van der Waals surface area contributed by atoms with Crippen LogP contribution in [-0.4, -0.2) is 45.7 Å². The minimum absolute atomic E-state index is 0.345. The van der Waals surface area contributed by atoms with Gasteiger partial charge >= 0.3 is 5.97 Å². The van der Waals surface area contributed by atoms with Crippen molar-refractivity contribution in [2.45, 2.75) is 116 Å². The Morgan fingerprint density at radius 2 is 0.964 bits per heavy atom. The number of carboxylic acids is 1. The van der Waals surface area contributed by atoms with Gasteiger partial charge in [-0.25, -0.2) is 0 Å². The Balaban J connectivity index is -0.000000660. The van der Waals surface area contributed by atoms with E-state index in [0.29, 0.717) is 6.42 Å². The van der Waals surface area contributed by atoms with Crippen LogP contribution >= 0.6 is 0 Å². The van der Waals surface area contributed by atoms with Crippen molar-refractivity contribution in [3.63, 3.8) is 0 Å². The first-order valence-corrected chi connectivity index (χ1v) is 11.2. The van der Waals surface area contributed by atoms with Gasteiger partial charge in [0.1, 0.15) is 6.10 Å². The highest BCUT2D eigenvalue weighted by Gasteiger charge is 1.97. The topological polar surface area (TPSA) is 98.0 Å². The van der Waals surface area contributed by atoms with Crippen LogP contribution in [0, 0.1) is 0 Å². The van der Waals surface area contributed by atoms with Gasteiger partial charge in [0.25, 0.3) is 0 Å². The van der Waals surface area contributed by atoms with Crippen LogP contribution < -0.4 is 0 Å². The van der Waals surface area contributed by atoms with Crippen LogP contribution in [0.25, 0.3) is 0 Å².